The Hall–Kier alpha value is -1.14. The minimum Gasteiger partial charge on any atom is -0.493 e. The first-order chi connectivity index (χ1) is 8.46. The predicted molar refractivity (Wildman–Crippen MR) is 67.3 cm³/mol. The van der Waals surface area contributed by atoms with Crippen LogP contribution in [0.5, 0.6) is 5.75 Å². The Morgan fingerprint density at radius 2 is 2.28 bits per heavy atom. The molecule has 1 aromatic rings. The van der Waals surface area contributed by atoms with Crippen LogP contribution in [0.15, 0.2) is 6.20 Å². The molecule has 18 heavy (non-hydrogen) atoms. The molecule has 0 atom stereocenters. The van der Waals surface area contributed by atoms with E-state index in [1.54, 1.807) is 18.0 Å². The van der Waals surface area contributed by atoms with Crippen molar-refractivity contribution in [3.05, 3.63) is 11.9 Å². The van der Waals surface area contributed by atoms with Crippen LogP contribution in [-0.4, -0.2) is 48.5 Å². The Kier molecular flexibility index (Phi) is 3.59. The van der Waals surface area contributed by atoms with Crippen molar-refractivity contribution in [3.63, 3.8) is 0 Å². The minimum atomic E-state index is -1.38. The lowest BCUT2D eigenvalue weighted by atomic mass is 9.75. The molecule has 0 spiro atoms. The van der Waals surface area contributed by atoms with Gasteiger partial charge in [-0.15, -0.1) is 0 Å². The van der Waals surface area contributed by atoms with E-state index in [1.165, 1.54) is 0 Å². The van der Waals surface area contributed by atoms with Gasteiger partial charge in [0.05, 0.1) is 19.9 Å². The highest BCUT2D eigenvalue weighted by Gasteiger charge is 2.48. The predicted octanol–water partition coefficient (Wildman–Crippen LogP) is 0.739. The number of hydrogen-bond acceptors (Lipinski definition) is 4. The molecule has 0 aromatic carbocycles. The lowest BCUT2D eigenvalue weighted by Gasteiger charge is -2.39. The van der Waals surface area contributed by atoms with Gasteiger partial charge in [0.2, 0.25) is 0 Å². The molecule has 1 aromatic heterocycles. The molecule has 1 aliphatic rings. The Morgan fingerprint density at radius 3 is 2.78 bits per heavy atom. The van der Waals surface area contributed by atoms with Crippen LogP contribution < -0.4 is 10.5 Å². The summed E-state index contributed by atoms with van der Waals surface area (Å²) >= 11 is 0. The number of methoxy groups -OCH3 is 1. The van der Waals surface area contributed by atoms with Crippen LogP contribution in [0, 0.1) is 0 Å². The topological polar surface area (TPSA) is 56.3 Å². The van der Waals surface area contributed by atoms with E-state index in [2.05, 4.69) is 5.10 Å². The van der Waals surface area contributed by atoms with Gasteiger partial charge in [0.1, 0.15) is 5.69 Å². The third-order valence-electron chi connectivity index (χ3n) is 3.38. The highest BCUT2D eigenvalue weighted by atomic mass is 19.1. The molecular weight excluding hydrogens is 235 g/mol. The number of hydrogen-bond donors (Lipinski definition) is 1. The van der Waals surface area contributed by atoms with Crippen molar-refractivity contribution in [2.24, 2.45) is 5.73 Å². The second-order valence-electron chi connectivity index (χ2n) is 5.22. The summed E-state index contributed by atoms with van der Waals surface area (Å²) in [6.45, 7) is 1.45. The van der Waals surface area contributed by atoms with E-state index in [0.717, 1.165) is 6.54 Å². The van der Waals surface area contributed by atoms with Gasteiger partial charge in [-0.25, -0.2) is 4.39 Å². The monoisotopic (exact) mass is 256 g/mol. The van der Waals surface area contributed by atoms with Crippen LogP contribution in [0.3, 0.4) is 0 Å². The van der Waals surface area contributed by atoms with Gasteiger partial charge < -0.3 is 15.4 Å². The molecule has 1 aliphatic carbocycles. The van der Waals surface area contributed by atoms with E-state index >= 15 is 0 Å². The van der Waals surface area contributed by atoms with Crippen LogP contribution in [0.2, 0.25) is 0 Å². The average Bonchev–Trinajstić information content (AvgIpc) is 2.67. The van der Waals surface area contributed by atoms with E-state index < -0.39 is 5.67 Å². The van der Waals surface area contributed by atoms with Gasteiger partial charge in [-0.05, 0) is 14.1 Å². The molecule has 0 amide bonds. The summed E-state index contributed by atoms with van der Waals surface area (Å²) in [5.41, 5.74) is 4.86. The van der Waals surface area contributed by atoms with Gasteiger partial charge in [-0.3, -0.25) is 4.68 Å². The first kappa shape index (κ1) is 13.3. The van der Waals surface area contributed by atoms with Gasteiger partial charge in [-0.1, -0.05) is 0 Å². The van der Waals surface area contributed by atoms with Crippen molar-refractivity contribution in [2.75, 3.05) is 27.7 Å². The fourth-order valence-electron chi connectivity index (χ4n) is 2.40. The molecule has 2 N–H and O–H groups in total. The van der Waals surface area contributed by atoms with E-state index in [0.29, 0.717) is 30.8 Å². The van der Waals surface area contributed by atoms with E-state index in [-0.39, 0.29) is 6.04 Å². The van der Waals surface area contributed by atoms with Crippen LogP contribution in [0.4, 0.5) is 4.39 Å². The summed E-state index contributed by atoms with van der Waals surface area (Å²) < 4.78 is 21.6. The molecule has 1 fully saturated rings. The Morgan fingerprint density at radius 1 is 1.61 bits per heavy atom. The maximum atomic E-state index is 14.7. The van der Waals surface area contributed by atoms with Gasteiger partial charge in [0.15, 0.2) is 11.4 Å². The first-order valence-electron chi connectivity index (χ1n) is 6.16. The fourth-order valence-corrected chi connectivity index (χ4v) is 2.40. The molecule has 0 aliphatic heterocycles. The number of halogens is 1. The largest absolute Gasteiger partial charge is 0.493 e. The van der Waals surface area contributed by atoms with Crippen molar-refractivity contribution in [3.8, 4) is 5.75 Å². The Labute approximate surface area is 107 Å². The number of aromatic nitrogens is 2. The molecule has 2 rings (SSSR count). The van der Waals surface area contributed by atoms with Crippen LogP contribution in [0.25, 0.3) is 0 Å². The molecule has 1 heterocycles. The molecule has 0 bridgehead atoms. The molecular formula is C12H21FN4O. The zero-order valence-electron chi connectivity index (χ0n) is 11.2. The number of nitrogens with two attached hydrogens (primary N) is 1. The summed E-state index contributed by atoms with van der Waals surface area (Å²) in [6.07, 6.45) is 2.27. The van der Waals surface area contributed by atoms with Crippen LogP contribution in [0.1, 0.15) is 18.5 Å². The fraction of sp³-hybridized carbons (Fsp3) is 0.750. The highest BCUT2D eigenvalue weighted by Crippen LogP contribution is 2.47. The third-order valence-corrected chi connectivity index (χ3v) is 3.38. The van der Waals surface area contributed by atoms with Crippen molar-refractivity contribution in [1.29, 1.82) is 0 Å². The molecule has 0 saturated heterocycles. The van der Waals surface area contributed by atoms with E-state index in [1.807, 2.05) is 19.0 Å². The number of alkyl halides is 1. The van der Waals surface area contributed by atoms with Gasteiger partial charge >= 0.3 is 0 Å². The summed E-state index contributed by atoms with van der Waals surface area (Å²) in [6, 6.07) is -0.0584. The zero-order valence-corrected chi connectivity index (χ0v) is 11.2. The van der Waals surface area contributed by atoms with Crippen molar-refractivity contribution in [2.45, 2.75) is 31.1 Å². The van der Waals surface area contributed by atoms with Crippen molar-refractivity contribution >= 4 is 0 Å². The van der Waals surface area contributed by atoms with E-state index in [9.17, 15) is 4.39 Å². The Balaban J connectivity index is 2.23. The van der Waals surface area contributed by atoms with Crippen molar-refractivity contribution < 1.29 is 9.13 Å². The molecule has 0 unspecified atom stereocenters. The lowest BCUT2D eigenvalue weighted by Crippen LogP contribution is -2.47. The number of ether oxygens (including phenoxy) is 1. The number of rotatable bonds is 5. The summed E-state index contributed by atoms with van der Waals surface area (Å²) in [5, 5.41) is 4.22. The first-order valence-corrected chi connectivity index (χ1v) is 6.16. The molecule has 0 radical (unpaired) electrons. The van der Waals surface area contributed by atoms with E-state index in [4.69, 9.17) is 10.5 Å². The smallest absolute Gasteiger partial charge is 0.163 e. The molecule has 1 saturated carbocycles. The van der Waals surface area contributed by atoms with Gasteiger partial charge in [0, 0.05) is 25.4 Å². The maximum absolute atomic E-state index is 14.7. The van der Waals surface area contributed by atoms with Crippen molar-refractivity contribution in [1.82, 2.24) is 14.7 Å². The zero-order chi connectivity index (χ0) is 13.3. The van der Waals surface area contributed by atoms with Crippen LogP contribution >= 0.6 is 0 Å². The molecule has 6 heteroatoms. The Bertz CT molecular complexity index is 412. The average molecular weight is 256 g/mol. The summed E-state index contributed by atoms with van der Waals surface area (Å²) in [7, 11) is 5.49. The number of likely N-dealkylation sites (N-methyl/N-ethyl adjacent to an activating group) is 1. The summed E-state index contributed by atoms with van der Waals surface area (Å²) in [5.74, 6) is 0.517. The maximum Gasteiger partial charge on any atom is 0.163 e. The minimum absolute atomic E-state index is 0.0584. The van der Waals surface area contributed by atoms with Crippen LogP contribution in [-0.2, 0) is 12.2 Å². The quantitative estimate of drug-likeness (QED) is 0.844. The summed E-state index contributed by atoms with van der Waals surface area (Å²) in [4.78, 5) is 2.04. The standard InChI is InChI=1S/C12H21FN4O/c1-16(2)4-5-17-11(10(18-3)8-15-17)12(13)6-9(14)7-12/h8-9H,4-7,14H2,1-3H3. The normalized spacial score (nSPS) is 27.3. The van der Waals surface area contributed by atoms with Gasteiger partial charge in [-0.2, -0.15) is 5.10 Å². The molecule has 5 nitrogen and oxygen atoms in total. The highest BCUT2D eigenvalue weighted by molar-refractivity contribution is 5.33. The lowest BCUT2D eigenvalue weighted by molar-refractivity contribution is 0.0282. The number of nitrogens with zero attached hydrogens (tertiary/aromatic N) is 3. The SMILES string of the molecule is COc1cnn(CCN(C)C)c1C1(F)CC(N)C1. The second kappa shape index (κ2) is 4.85. The molecule has 102 valence electrons. The van der Waals surface area contributed by atoms with Gasteiger partial charge in [0.25, 0.3) is 0 Å². The third kappa shape index (κ3) is 2.35. The second-order valence-corrected chi connectivity index (χ2v) is 5.22.